The number of morpholine rings is 1. The number of benzene rings is 2. The molecular weight excluding hydrogens is 421 g/mol. The first-order valence-electron chi connectivity index (χ1n) is 10.1. The maximum absolute atomic E-state index is 14.5. The lowest BCUT2D eigenvalue weighted by atomic mass is 10.0. The second kappa shape index (κ2) is 9.60. The van der Waals surface area contributed by atoms with E-state index in [0.29, 0.717) is 25.5 Å². The number of nitrogens with one attached hydrogen (secondary N) is 1. The number of hydrogen-bond acceptors (Lipinski definition) is 5. The first kappa shape index (κ1) is 21.5. The van der Waals surface area contributed by atoms with E-state index in [1.54, 1.807) is 13.0 Å². The molecule has 1 amide bonds. The third-order valence-corrected chi connectivity index (χ3v) is 5.66. The average molecular weight is 444 g/mol. The molecule has 0 radical (unpaired) electrons. The Kier molecular flexibility index (Phi) is 6.65. The zero-order valence-corrected chi connectivity index (χ0v) is 17.9. The van der Waals surface area contributed by atoms with Gasteiger partial charge in [-0.3, -0.25) is 9.69 Å². The molecule has 162 valence electrons. The van der Waals surface area contributed by atoms with Crippen LogP contribution in [0, 0.1) is 12.7 Å². The van der Waals surface area contributed by atoms with Gasteiger partial charge in [0.15, 0.2) is 0 Å². The molecule has 1 aromatic heterocycles. The Bertz CT molecular complexity index is 1030. The van der Waals surface area contributed by atoms with E-state index >= 15 is 0 Å². The number of carbonyl (C=O) groups excluding carboxylic acids is 1. The summed E-state index contributed by atoms with van der Waals surface area (Å²) in [5, 5.41) is 7.19. The molecule has 1 aliphatic rings. The monoisotopic (exact) mass is 443 g/mol. The van der Waals surface area contributed by atoms with Gasteiger partial charge in [-0.05, 0) is 24.6 Å². The quantitative estimate of drug-likeness (QED) is 0.617. The number of hydrogen-bond donors (Lipinski definition) is 1. The number of aromatic nitrogens is 1. The first-order valence-corrected chi connectivity index (χ1v) is 10.5. The Morgan fingerprint density at radius 3 is 2.65 bits per heavy atom. The summed E-state index contributed by atoms with van der Waals surface area (Å²) in [4.78, 5) is 15.6. The topological polar surface area (TPSA) is 67.6 Å². The largest absolute Gasteiger partial charge is 0.379 e. The minimum Gasteiger partial charge on any atom is -0.379 e. The number of nitrogens with zero attached hydrogens (tertiary/aromatic N) is 2. The van der Waals surface area contributed by atoms with Gasteiger partial charge < -0.3 is 14.6 Å². The fourth-order valence-corrected chi connectivity index (χ4v) is 3.98. The van der Waals surface area contributed by atoms with E-state index in [4.69, 9.17) is 20.9 Å². The molecule has 2 aromatic carbocycles. The Labute approximate surface area is 184 Å². The van der Waals surface area contributed by atoms with Crippen LogP contribution in [0.25, 0.3) is 11.3 Å². The molecule has 31 heavy (non-hydrogen) atoms. The Hall–Kier alpha value is -2.74. The predicted octanol–water partition coefficient (Wildman–Crippen LogP) is 4.25. The number of aryl methyl sites for hydroxylation is 1. The van der Waals surface area contributed by atoms with E-state index < -0.39 is 11.7 Å². The average Bonchev–Trinajstić information content (AvgIpc) is 3.15. The van der Waals surface area contributed by atoms with Gasteiger partial charge in [-0.1, -0.05) is 53.2 Å². The SMILES string of the molecule is Cc1onc(-c2c(F)cccc2Cl)c1C(=O)N[C@@H](CN1CCOCC1)c1ccccc1. The van der Waals surface area contributed by atoms with Crippen molar-refractivity contribution in [3.63, 3.8) is 0 Å². The minimum absolute atomic E-state index is 0.0515. The van der Waals surface area contributed by atoms with E-state index in [1.165, 1.54) is 12.1 Å². The third kappa shape index (κ3) is 4.79. The van der Waals surface area contributed by atoms with Crippen LogP contribution in [-0.4, -0.2) is 48.8 Å². The number of carbonyl (C=O) groups is 1. The molecule has 1 atom stereocenters. The Morgan fingerprint density at radius 2 is 1.94 bits per heavy atom. The first-order chi connectivity index (χ1) is 15.0. The van der Waals surface area contributed by atoms with Crippen molar-refractivity contribution in [2.24, 2.45) is 0 Å². The highest BCUT2D eigenvalue weighted by Gasteiger charge is 2.28. The molecular formula is C23H23ClFN3O3. The minimum atomic E-state index is -0.567. The van der Waals surface area contributed by atoms with Crippen molar-refractivity contribution < 1.29 is 18.4 Å². The summed E-state index contributed by atoms with van der Waals surface area (Å²) >= 11 is 6.21. The second-order valence-electron chi connectivity index (χ2n) is 7.41. The molecule has 0 aliphatic carbocycles. The van der Waals surface area contributed by atoms with Gasteiger partial charge in [0.2, 0.25) is 0 Å². The number of halogens is 2. The molecule has 6 nitrogen and oxygen atoms in total. The Balaban J connectivity index is 1.64. The van der Waals surface area contributed by atoms with Crippen molar-refractivity contribution in [1.29, 1.82) is 0 Å². The van der Waals surface area contributed by atoms with Crippen LogP contribution in [-0.2, 0) is 4.74 Å². The van der Waals surface area contributed by atoms with Crippen molar-refractivity contribution in [2.45, 2.75) is 13.0 Å². The third-order valence-electron chi connectivity index (χ3n) is 5.34. The molecule has 8 heteroatoms. The van der Waals surface area contributed by atoms with Crippen LogP contribution in [0.5, 0.6) is 0 Å². The summed E-state index contributed by atoms with van der Waals surface area (Å²) in [5.74, 6) is -0.664. The summed E-state index contributed by atoms with van der Waals surface area (Å²) in [7, 11) is 0. The maximum atomic E-state index is 14.5. The summed E-state index contributed by atoms with van der Waals surface area (Å²) in [6.07, 6.45) is 0. The van der Waals surface area contributed by atoms with Crippen molar-refractivity contribution in [3.8, 4) is 11.3 Å². The molecule has 0 unspecified atom stereocenters. The predicted molar refractivity (Wildman–Crippen MR) is 116 cm³/mol. The van der Waals surface area contributed by atoms with E-state index in [2.05, 4.69) is 15.4 Å². The normalized spacial score (nSPS) is 15.6. The zero-order chi connectivity index (χ0) is 21.8. The molecule has 0 bridgehead atoms. The van der Waals surface area contributed by atoms with Gasteiger partial charge >= 0.3 is 0 Å². The molecule has 4 rings (SSSR count). The van der Waals surface area contributed by atoms with E-state index in [-0.39, 0.29) is 27.9 Å². The number of rotatable bonds is 6. The van der Waals surface area contributed by atoms with Gasteiger partial charge in [0.05, 0.1) is 29.8 Å². The summed E-state index contributed by atoms with van der Waals surface area (Å²) in [6, 6.07) is 13.8. The smallest absolute Gasteiger partial charge is 0.257 e. The van der Waals surface area contributed by atoms with Crippen molar-refractivity contribution >= 4 is 17.5 Å². The molecule has 2 heterocycles. The number of ether oxygens (including phenoxy) is 1. The molecule has 0 spiro atoms. The molecule has 3 aromatic rings. The number of amides is 1. The molecule has 1 N–H and O–H groups in total. The molecule has 1 fully saturated rings. The highest BCUT2D eigenvalue weighted by Crippen LogP contribution is 2.33. The van der Waals surface area contributed by atoms with E-state index in [9.17, 15) is 9.18 Å². The highest BCUT2D eigenvalue weighted by atomic mass is 35.5. The fourth-order valence-electron chi connectivity index (χ4n) is 3.73. The highest BCUT2D eigenvalue weighted by molar-refractivity contribution is 6.33. The van der Waals surface area contributed by atoms with Crippen LogP contribution in [0.15, 0.2) is 53.1 Å². The molecule has 1 aliphatic heterocycles. The summed E-state index contributed by atoms with van der Waals surface area (Å²) in [5.41, 5.74) is 1.30. The van der Waals surface area contributed by atoms with E-state index in [1.807, 2.05) is 30.3 Å². The van der Waals surface area contributed by atoms with Crippen LogP contribution < -0.4 is 5.32 Å². The zero-order valence-electron chi connectivity index (χ0n) is 17.1. The summed E-state index contributed by atoms with van der Waals surface area (Å²) in [6.45, 7) is 5.16. The van der Waals surface area contributed by atoms with Crippen LogP contribution in [0.1, 0.15) is 27.7 Å². The standard InChI is InChI=1S/C23H23ClFN3O3/c1-15-20(22(27-31-15)21-17(24)8-5-9-18(21)25)23(29)26-19(16-6-3-2-4-7-16)14-28-10-12-30-13-11-28/h2-9,19H,10-14H2,1H3,(H,26,29)/t19-/m0/s1. The van der Waals surface area contributed by atoms with Crippen molar-refractivity contribution in [1.82, 2.24) is 15.4 Å². The lowest BCUT2D eigenvalue weighted by Gasteiger charge is -2.31. The van der Waals surface area contributed by atoms with Crippen LogP contribution in [0.3, 0.4) is 0 Å². The van der Waals surface area contributed by atoms with Gasteiger partial charge in [0.25, 0.3) is 5.91 Å². The van der Waals surface area contributed by atoms with Crippen molar-refractivity contribution in [3.05, 3.63) is 76.3 Å². The Morgan fingerprint density at radius 1 is 1.19 bits per heavy atom. The van der Waals surface area contributed by atoms with Gasteiger partial charge in [-0.2, -0.15) is 0 Å². The van der Waals surface area contributed by atoms with Gasteiger partial charge in [-0.25, -0.2) is 4.39 Å². The summed E-state index contributed by atoms with van der Waals surface area (Å²) < 4.78 is 25.2. The van der Waals surface area contributed by atoms with Crippen LogP contribution in [0.4, 0.5) is 4.39 Å². The van der Waals surface area contributed by atoms with Gasteiger partial charge in [-0.15, -0.1) is 0 Å². The van der Waals surface area contributed by atoms with Gasteiger partial charge in [0.1, 0.15) is 22.8 Å². The second-order valence-corrected chi connectivity index (χ2v) is 7.82. The van der Waals surface area contributed by atoms with E-state index in [0.717, 1.165) is 18.7 Å². The van der Waals surface area contributed by atoms with Crippen LogP contribution in [0.2, 0.25) is 5.02 Å². The van der Waals surface area contributed by atoms with Crippen LogP contribution >= 0.6 is 11.6 Å². The lowest BCUT2D eigenvalue weighted by molar-refractivity contribution is 0.0332. The molecule has 0 saturated carbocycles. The van der Waals surface area contributed by atoms with Crippen molar-refractivity contribution in [2.75, 3.05) is 32.8 Å². The van der Waals surface area contributed by atoms with Gasteiger partial charge in [0, 0.05) is 19.6 Å². The lowest BCUT2D eigenvalue weighted by Crippen LogP contribution is -2.43. The maximum Gasteiger partial charge on any atom is 0.257 e. The molecule has 1 saturated heterocycles. The fraction of sp³-hybridized carbons (Fsp3) is 0.304.